The van der Waals surface area contributed by atoms with Gasteiger partial charge in [-0.3, -0.25) is 4.98 Å². The van der Waals surface area contributed by atoms with Gasteiger partial charge < -0.3 is 9.30 Å². The Morgan fingerprint density at radius 3 is 2.73 bits per heavy atom. The van der Waals surface area contributed by atoms with E-state index in [-0.39, 0.29) is 5.97 Å². The molecule has 0 aromatic carbocycles. The van der Waals surface area contributed by atoms with Gasteiger partial charge in [0, 0.05) is 29.6 Å². The van der Waals surface area contributed by atoms with E-state index in [1.165, 1.54) is 0 Å². The fourth-order valence-corrected chi connectivity index (χ4v) is 2.29. The minimum Gasteiger partial charge on any atom is -0.463 e. The first kappa shape index (κ1) is 14.4. The first-order valence-electron chi connectivity index (χ1n) is 7.41. The van der Waals surface area contributed by atoms with Crippen molar-refractivity contribution in [2.45, 2.75) is 32.7 Å². The molecule has 0 aliphatic heterocycles. The van der Waals surface area contributed by atoms with Gasteiger partial charge in [-0.25, -0.2) is 4.79 Å². The van der Waals surface area contributed by atoms with Crippen LogP contribution in [0.5, 0.6) is 0 Å². The van der Waals surface area contributed by atoms with Crippen LogP contribution in [0.3, 0.4) is 0 Å². The van der Waals surface area contributed by atoms with Gasteiger partial charge in [0.25, 0.3) is 0 Å². The molecule has 6 nitrogen and oxygen atoms in total. The van der Waals surface area contributed by atoms with Crippen LogP contribution < -0.4 is 0 Å². The van der Waals surface area contributed by atoms with Crippen molar-refractivity contribution in [2.75, 3.05) is 6.61 Å². The zero-order chi connectivity index (χ0) is 15.5. The number of carbonyl (C=O) groups excluding carboxylic acids is 1. The van der Waals surface area contributed by atoms with Crippen molar-refractivity contribution in [3.63, 3.8) is 0 Å². The smallest absolute Gasteiger partial charge is 0.333 e. The van der Waals surface area contributed by atoms with Crippen molar-refractivity contribution in [3.8, 4) is 11.4 Å². The van der Waals surface area contributed by atoms with Gasteiger partial charge in [-0.1, -0.05) is 0 Å². The van der Waals surface area contributed by atoms with Gasteiger partial charge in [0.05, 0.1) is 6.61 Å². The number of rotatable bonds is 5. The molecule has 0 spiro atoms. The number of nitrogens with zero attached hydrogens (tertiary/aromatic N) is 4. The van der Waals surface area contributed by atoms with Crippen molar-refractivity contribution >= 4 is 12.0 Å². The van der Waals surface area contributed by atoms with E-state index in [0.29, 0.717) is 24.0 Å². The Kier molecular flexibility index (Phi) is 4.00. The Labute approximate surface area is 128 Å². The summed E-state index contributed by atoms with van der Waals surface area (Å²) in [5.41, 5.74) is 1.50. The lowest BCUT2D eigenvalue weighted by atomic mass is 10.2. The molecule has 1 saturated carbocycles. The van der Waals surface area contributed by atoms with E-state index in [0.717, 1.165) is 24.2 Å². The van der Waals surface area contributed by atoms with Crippen molar-refractivity contribution < 1.29 is 9.53 Å². The van der Waals surface area contributed by atoms with Crippen LogP contribution in [0.15, 0.2) is 30.1 Å². The fourth-order valence-electron chi connectivity index (χ4n) is 2.29. The lowest BCUT2D eigenvalue weighted by molar-refractivity contribution is -0.138. The van der Waals surface area contributed by atoms with E-state index in [1.54, 1.807) is 32.3 Å². The van der Waals surface area contributed by atoms with Crippen LogP contribution in [0.4, 0.5) is 0 Å². The molecule has 0 bridgehead atoms. The summed E-state index contributed by atoms with van der Waals surface area (Å²) in [5, 5.41) is 8.54. The van der Waals surface area contributed by atoms with Gasteiger partial charge in [0.15, 0.2) is 11.6 Å². The van der Waals surface area contributed by atoms with E-state index in [2.05, 4.69) is 19.7 Å². The normalized spacial score (nSPS) is 14.9. The highest BCUT2D eigenvalue weighted by Gasteiger charge is 2.29. The van der Waals surface area contributed by atoms with Gasteiger partial charge in [0.1, 0.15) is 0 Å². The summed E-state index contributed by atoms with van der Waals surface area (Å²) in [4.78, 5) is 15.8. The molecule has 0 atom stereocenters. The zero-order valence-electron chi connectivity index (χ0n) is 12.7. The number of esters is 1. The third kappa shape index (κ3) is 2.90. The average molecular weight is 298 g/mol. The molecule has 114 valence electrons. The maximum absolute atomic E-state index is 11.8. The lowest BCUT2D eigenvalue weighted by Crippen LogP contribution is -2.06. The summed E-state index contributed by atoms with van der Waals surface area (Å²) in [5.74, 6) is 1.19. The van der Waals surface area contributed by atoms with Crippen molar-refractivity contribution in [1.29, 1.82) is 0 Å². The molecule has 0 N–H and O–H groups in total. The molecular formula is C16H18N4O2. The van der Waals surface area contributed by atoms with Crippen LogP contribution in [0.2, 0.25) is 0 Å². The molecule has 0 saturated heterocycles. The van der Waals surface area contributed by atoms with Crippen molar-refractivity contribution in [2.24, 2.45) is 0 Å². The molecule has 0 radical (unpaired) electrons. The van der Waals surface area contributed by atoms with E-state index in [9.17, 15) is 4.79 Å². The first-order valence-corrected chi connectivity index (χ1v) is 7.41. The molecule has 1 fully saturated rings. The van der Waals surface area contributed by atoms with Gasteiger partial charge in [0.2, 0.25) is 0 Å². The maximum Gasteiger partial charge on any atom is 0.333 e. The lowest BCUT2D eigenvalue weighted by Gasteiger charge is -2.07. The van der Waals surface area contributed by atoms with Crippen LogP contribution in [0, 0.1) is 0 Å². The Balaban J connectivity index is 1.98. The highest BCUT2D eigenvalue weighted by atomic mass is 16.5. The second-order valence-corrected chi connectivity index (χ2v) is 5.27. The van der Waals surface area contributed by atoms with E-state index in [1.807, 2.05) is 12.1 Å². The highest BCUT2D eigenvalue weighted by molar-refractivity contribution is 5.92. The monoisotopic (exact) mass is 298 g/mol. The van der Waals surface area contributed by atoms with Gasteiger partial charge in [-0.05, 0) is 44.9 Å². The second-order valence-electron chi connectivity index (χ2n) is 5.27. The molecule has 0 amide bonds. The average Bonchev–Trinajstić information content (AvgIpc) is 3.29. The Morgan fingerprint density at radius 1 is 1.36 bits per heavy atom. The summed E-state index contributed by atoms with van der Waals surface area (Å²) in [6, 6.07) is 4.22. The topological polar surface area (TPSA) is 69.9 Å². The number of carbonyl (C=O) groups is 1. The molecule has 22 heavy (non-hydrogen) atoms. The summed E-state index contributed by atoms with van der Waals surface area (Å²) in [6.07, 6.45) is 7.43. The second kappa shape index (κ2) is 6.09. The van der Waals surface area contributed by atoms with Crippen molar-refractivity contribution in [3.05, 3.63) is 35.9 Å². The predicted molar refractivity (Wildman–Crippen MR) is 81.8 cm³/mol. The van der Waals surface area contributed by atoms with Crippen LogP contribution in [-0.2, 0) is 9.53 Å². The predicted octanol–water partition coefficient (Wildman–Crippen LogP) is 2.64. The molecule has 1 aliphatic carbocycles. The Hall–Kier alpha value is -2.50. The molecule has 0 unspecified atom stereocenters. The number of pyridine rings is 1. The third-order valence-electron chi connectivity index (χ3n) is 3.52. The molecule has 3 rings (SSSR count). The third-order valence-corrected chi connectivity index (χ3v) is 3.52. The Morgan fingerprint density at radius 2 is 2.09 bits per heavy atom. The van der Waals surface area contributed by atoms with Gasteiger partial charge >= 0.3 is 5.97 Å². The molecular weight excluding hydrogens is 280 g/mol. The fraction of sp³-hybridized carbons (Fsp3) is 0.375. The number of hydrogen-bond donors (Lipinski definition) is 0. The zero-order valence-corrected chi connectivity index (χ0v) is 12.7. The summed E-state index contributed by atoms with van der Waals surface area (Å²) in [6.45, 7) is 3.89. The summed E-state index contributed by atoms with van der Waals surface area (Å²) >= 11 is 0. The van der Waals surface area contributed by atoms with E-state index in [4.69, 9.17) is 4.74 Å². The van der Waals surface area contributed by atoms with Crippen LogP contribution in [0.1, 0.15) is 38.6 Å². The molecule has 2 heterocycles. The minimum absolute atomic E-state index is 0.321. The van der Waals surface area contributed by atoms with Crippen LogP contribution in [-0.4, -0.2) is 32.3 Å². The summed E-state index contributed by atoms with van der Waals surface area (Å²) < 4.78 is 7.11. The van der Waals surface area contributed by atoms with E-state index < -0.39 is 0 Å². The quantitative estimate of drug-likeness (QED) is 0.627. The number of hydrogen-bond acceptors (Lipinski definition) is 5. The highest BCUT2D eigenvalue weighted by Crippen LogP contribution is 2.39. The molecule has 2 aromatic heterocycles. The number of ether oxygens (including phenoxy) is 1. The van der Waals surface area contributed by atoms with E-state index >= 15 is 0 Å². The Bertz CT molecular complexity index is 702. The largest absolute Gasteiger partial charge is 0.463 e. The van der Waals surface area contributed by atoms with Crippen molar-refractivity contribution in [1.82, 2.24) is 19.7 Å². The van der Waals surface area contributed by atoms with Crippen LogP contribution in [0.25, 0.3) is 17.5 Å². The standard InChI is InChI=1S/C16H18N4O2/c1-3-22-16(21)11(2)10-14-18-19-15(20(14)13-4-5-13)12-6-8-17-9-7-12/h6-10,13H,3-5H2,1-2H3. The molecule has 2 aromatic rings. The SMILES string of the molecule is CCOC(=O)C(C)=Cc1nnc(-c2ccncc2)n1C1CC1. The van der Waals surface area contributed by atoms with Gasteiger partial charge in [-0.2, -0.15) is 0 Å². The number of aromatic nitrogens is 4. The molecule has 1 aliphatic rings. The maximum atomic E-state index is 11.8. The first-order chi connectivity index (χ1) is 10.7. The summed E-state index contributed by atoms with van der Waals surface area (Å²) in [7, 11) is 0. The van der Waals surface area contributed by atoms with Gasteiger partial charge in [-0.15, -0.1) is 10.2 Å². The molecule has 6 heteroatoms. The minimum atomic E-state index is -0.321. The van der Waals surface area contributed by atoms with Crippen LogP contribution >= 0.6 is 0 Å².